The van der Waals surface area contributed by atoms with Crippen LogP contribution in [0.25, 0.3) is 10.2 Å². The molecular weight excluding hydrogens is 383 g/mol. The first-order valence-corrected chi connectivity index (χ1v) is 9.41. The van der Waals surface area contributed by atoms with Gasteiger partial charge in [-0.2, -0.15) is 0 Å². The Kier molecular flexibility index (Phi) is 6.20. The Hall–Kier alpha value is -3.00. The third-order valence-corrected chi connectivity index (χ3v) is 5.39. The zero-order valence-electron chi connectivity index (χ0n) is 15.4. The minimum atomic E-state index is -0.752. The van der Waals surface area contributed by atoms with E-state index in [1.54, 1.807) is 13.1 Å². The number of carbonyl (C=O) groups is 2. The molecule has 1 aromatic heterocycles. The van der Waals surface area contributed by atoms with Crippen molar-refractivity contribution in [3.8, 4) is 5.75 Å². The van der Waals surface area contributed by atoms with Crippen molar-refractivity contribution in [1.82, 2.24) is 9.88 Å². The summed E-state index contributed by atoms with van der Waals surface area (Å²) in [6.45, 7) is 0.954. The summed E-state index contributed by atoms with van der Waals surface area (Å²) in [4.78, 5) is 30.1. The van der Waals surface area contributed by atoms with Crippen molar-refractivity contribution in [2.24, 2.45) is 0 Å². The molecule has 6 nitrogen and oxygen atoms in total. The summed E-state index contributed by atoms with van der Waals surface area (Å²) in [6.07, 6.45) is 0. The maximum Gasteiger partial charge on any atom is 0.344 e. The van der Waals surface area contributed by atoms with E-state index >= 15 is 0 Å². The smallest absolute Gasteiger partial charge is 0.344 e. The number of ether oxygens (including phenoxy) is 2. The van der Waals surface area contributed by atoms with Gasteiger partial charge in [-0.3, -0.25) is 4.79 Å². The third-order valence-electron chi connectivity index (χ3n) is 4.18. The van der Waals surface area contributed by atoms with Crippen molar-refractivity contribution in [1.29, 1.82) is 0 Å². The fourth-order valence-electron chi connectivity index (χ4n) is 2.43. The molecule has 0 saturated heterocycles. The lowest BCUT2D eigenvalue weighted by molar-refractivity contribution is -0.153. The number of carbonyl (C=O) groups excluding carboxylic acids is 2. The second-order valence-electron chi connectivity index (χ2n) is 6.08. The number of likely N-dealkylation sites (N-methyl/N-ethyl adjacent to an activating group) is 1. The molecule has 2 aromatic carbocycles. The van der Waals surface area contributed by atoms with Gasteiger partial charge in [0.05, 0.1) is 16.3 Å². The summed E-state index contributed by atoms with van der Waals surface area (Å²) in [5, 5.41) is 0.797. The van der Waals surface area contributed by atoms with Gasteiger partial charge in [0.2, 0.25) is 0 Å². The zero-order valence-corrected chi connectivity index (χ0v) is 16.2. The number of aromatic nitrogens is 1. The van der Waals surface area contributed by atoms with Gasteiger partial charge in [0.15, 0.2) is 24.8 Å². The molecule has 0 bridgehead atoms. The Morgan fingerprint density at radius 1 is 1.14 bits per heavy atom. The monoisotopic (exact) mass is 402 g/mol. The maximum atomic E-state index is 13.4. The predicted octanol–water partition coefficient (Wildman–Crippen LogP) is 3.58. The Labute approximate surface area is 165 Å². The highest BCUT2D eigenvalue weighted by Crippen LogP contribution is 2.28. The second kappa shape index (κ2) is 8.79. The summed E-state index contributed by atoms with van der Waals surface area (Å²) in [7, 11) is 1.63. The van der Waals surface area contributed by atoms with Crippen molar-refractivity contribution in [3.63, 3.8) is 0 Å². The van der Waals surface area contributed by atoms with Crippen molar-refractivity contribution >= 4 is 33.4 Å². The van der Waals surface area contributed by atoms with Gasteiger partial charge in [-0.15, -0.1) is 11.3 Å². The zero-order chi connectivity index (χ0) is 20.1. The SMILES string of the molecule is C[C@@H](c1nc2ccccc2s1)N(C)C(=O)COC(=O)COc1ccccc1F. The maximum absolute atomic E-state index is 13.4. The van der Waals surface area contributed by atoms with Crippen LogP contribution in [-0.4, -0.2) is 42.0 Å². The molecule has 28 heavy (non-hydrogen) atoms. The number of benzene rings is 2. The van der Waals surface area contributed by atoms with Gasteiger partial charge in [0.25, 0.3) is 5.91 Å². The molecular formula is C20H19FN2O4S. The molecule has 0 saturated carbocycles. The quantitative estimate of drug-likeness (QED) is 0.565. The van der Waals surface area contributed by atoms with Gasteiger partial charge in [-0.1, -0.05) is 24.3 Å². The molecule has 0 aliphatic heterocycles. The number of amides is 1. The topological polar surface area (TPSA) is 68.7 Å². The van der Waals surface area contributed by atoms with E-state index in [1.807, 2.05) is 31.2 Å². The number of hydrogen-bond acceptors (Lipinski definition) is 6. The van der Waals surface area contributed by atoms with Crippen LogP contribution in [0.5, 0.6) is 5.75 Å². The summed E-state index contributed by atoms with van der Waals surface area (Å²) >= 11 is 1.51. The highest BCUT2D eigenvalue weighted by molar-refractivity contribution is 7.18. The van der Waals surface area contributed by atoms with Crippen LogP contribution >= 0.6 is 11.3 Å². The van der Waals surface area contributed by atoms with Gasteiger partial charge in [-0.05, 0) is 31.2 Å². The molecule has 8 heteroatoms. The molecule has 146 valence electrons. The van der Waals surface area contributed by atoms with E-state index in [-0.39, 0.29) is 17.7 Å². The number of halogens is 1. The fraction of sp³-hybridized carbons (Fsp3) is 0.250. The van der Waals surface area contributed by atoms with E-state index in [4.69, 9.17) is 9.47 Å². The molecule has 3 rings (SSSR count). The lowest BCUT2D eigenvalue weighted by atomic mass is 10.3. The third kappa shape index (κ3) is 4.64. The Bertz CT molecular complexity index is 958. The van der Waals surface area contributed by atoms with Crippen LogP contribution in [0.2, 0.25) is 0 Å². The average Bonchev–Trinajstić information content (AvgIpc) is 3.14. The number of thiazole rings is 1. The Morgan fingerprint density at radius 2 is 1.86 bits per heavy atom. The molecule has 1 atom stereocenters. The van der Waals surface area contributed by atoms with E-state index < -0.39 is 25.0 Å². The number of esters is 1. The first-order chi connectivity index (χ1) is 13.5. The summed E-state index contributed by atoms with van der Waals surface area (Å²) in [6, 6.07) is 13.2. The van der Waals surface area contributed by atoms with E-state index in [0.29, 0.717) is 0 Å². The van der Waals surface area contributed by atoms with E-state index in [0.717, 1.165) is 15.2 Å². The van der Waals surface area contributed by atoms with E-state index in [9.17, 15) is 14.0 Å². The molecule has 0 fully saturated rings. The largest absolute Gasteiger partial charge is 0.479 e. The van der Waals surface area contributed by atoms with Crippen LogP contribution in [0.4, 0.5) is 4.39 Å². The molecule has 1 amide bonds. The van der Waals surface area contributed by atoms with Crippen LogP contribution in [0.3, 0.4) is 0 Å². The van der Waals surface area contributed by atoms with Crippen LogP contribution in [-0.2, 0) is 14.3 Å². The van der Waals surface area contributed by atoms with Crippen LogP contribution < -0.4 is 4.74 Å². The molecule has 0 N–H and O–H groups in total. The number of fused-ring (bicyclic) bond motifs is 1. The molecule has 0 spiro atoms. The van der Waals surface area contributed by atoms with Crippen molar-refractivity contribution < 1.29 is 23.5 Å². The van der Waals surface area contributed by atoms with Crippen molar-refractivity contribution in [3.05, 3.63) is 59.4 Å². The van der Waals surface area contributed by atoms with Gasteiger partial charge >= 0.3 is 5.97 Å². The second-order valence-corrected chi connectivity index (χ2v) is 7.14. The predicted molar refractivity (Wildman–Crippen MR) is 104 cm³/mol. The minimum Gasteiger partial charge on any atom is -0.479 e. The number of para-hydroxylation sites is 2. The number of hydrogen-bond donors (Lipinski definition) is 0. The normalized spacial score (nSPS) is 11.8. The Balaban J connectivity index is 1.50. The number of rotatable bonds is 7. The highest BCUT2D eigenvalue weighted by Gasteiger charge is 2.22. The first-order valence-electron chi connectivity index (χ1n) is 8.60. The van der Waals surface area contributed by atoms with Crippen molar-refractivity contribution in [2.45, 2.75) is 13.0 Å². The highest BCUT2D eigenvalue weighted by atomic mass is 32.1. The first kappa shape index (κ1) is 19.8. The average molecular weight is 402 g/mol. The molecule has 0 unspecified atom stereocenters. The Morgan fingerprint density at radius 3 is 2.61 bits per heavy atom. The summed E-state index contributed by atoms with van der Waals surface area (Å²) < 4.78 is 24.5. The molecule has 3 aromatic rings. The molecule has 0 aliphatic rings. The van der Waals surface area contributed by atoms with Gasteiger partial charge in [0, 0.05) is 7.05 Å². The van der Waals surface area contributed by atoms with E-state index in [1.165, 1.54) is 34.4 Å². The lowest BCUT2D eigenvalue weighted by Crippen LogP contribution is -2.34. The standard InChI is InChI=1S/C20H19FN2O4S/c1-13(20-22-15-8-4-6-10-17(15)28-20)23(2)18(24)11-27-19(25)12-26-16-9-5-3-7-14(16)21/h3-10,13H,11-12H2,1-2H3/t13-/m0/s1. The fourth-order valence-corrected chi connectivity index (χ4v) is 3.50. The van der Waals surface area contributed by atoms with Crippen LogP contribution in [0, 0.1) is 5.82 Å². The van der Waals surface area contributed by atoms with Gasteiger partial charge in [0.1, 0.15) is 5.01 Å². The molecule has 0 radical (unpaired) electrons. The summed E-state index contributed by atoms with van der Waals surface area (Å²) in [5.74, 6) is -1.74. The van der Waals surface area contributed by atoms with Crippen molar-refractivity contribution in [2.75, 3.05) is 20.3 Å². The van der Waals surface area contributed by atoms with Gasteiger partial charge in [-0.25, -0.2) is 14.2 Å². The number of nitrogens with zero attached hydrogens (tertiary/aromatic N) is 2. The van der Waals surface area contributed by atoms with Gasteiger partial charge < -0.3 is 14.4 Å². The summed E-state index contributed by atoms with van der Waals surface area (Å²) in [5.41, 5.74) is 0.881. The van der Waals surface area contributed by atoms with Crippen LogP contribution in [0.15, 0.2) is 48.5 Å². The minimum absolute atomic E-state index is 0.0487. The molecule has 0 aliphatic carbocycles. The van der Waals surface area contributed by atoms with Crippen LogP contribution in [0.1, 0.15) is 18.0 Å². The lowest BCUT2D eigenvalue weighted by Gasteiger charge is -2.23. The molecule has 1 heterocycles. The van der Waals surface area contributed by atoms with E-state index in [2.05, 4.69) is 4.98 Å².